The minimum atomic E-state index is -0.179. The number of rotatable bonds is 2. The molecule has 5 heteroatoms. The van der Waals surface area contributed by atoms with E-state index in [1.165, 1.54) is 11.3 Å². The van der Waals surface area contributed by atoms with Crippen LogP contribution in [-0.2, 0) is 4.79 Å². The number of aliphatic imine (C=N–C) groups is 1. The average molecular weight is 319 g/mol. The van der Waals surface area contributed by atoms with Crippen LogP contribution in [0.5, 0.6) is 0 Å². The molecule has 0 atom stereocenters. The van der Waals surface area contributed by atoms with Gasteiger partial charge in [0.1, 0.15) is 5.71 Å². The van der Waals surface area contributed by atoms with E-state index in [9.17, 15) is 4.79 Å². The van der Waals surface area contributed by atoms with E-state index < -0.39 is 0 Å². The van der Waals surface area contributed by atoms with Gasteiger partial charge in [-0.05, 0) is 19.1 Å². The Labute approximate surface area is 137 Å². The zero-order chi connectivity index (χ0) is 15.8. The van der Waals surface area contributed by atoms with Crippen molar-refractivity contribution < 1.29 is 4.79 Å². The van der Waals surface area contributed by atoms with Crippen molar-refractivity contribution in [3.05, 3.63) is 65.0 Å². The number of amides is 1. The second kappa shape index (κ2) is 5.44. The Kier molecular flexibility index (Phi) is 3.28. The Bertz CT molecular complexity index is 928. The fraction of sp³-hybridized carbons (Fsp3) is 0.0556. The van der Waals surface area contributed by atoms with E-state index in [4.69, 9.17) is 0 Å². The predicted octanol–water partition coefficient (Wildman–Crippen LogP) is 4.19. The van der Waals surface area contributed by atoms with Crippen molar-refractivity contribution in [3.8, 4) is 11.3 Å². The summed E-state index contributed by atoms with van der Waals surface area (Å²) >= 11 is 1.43. The summed E-state index contributed by atoms with van der Waals surface area (Å²) < 4.78 is 0. The van der Waals surface area contributed by atoms with Gasteiger partial charge in [-0.1, -0.05) is 42.0 Å². The maximum atomic E-state index is 12.2. The largest absolute Gasteiger partial charge is 0.320 e. The van der Waals surface area contributed by atoms with Crippen LogP contribution in [0, 0.1) is 6.92 Å². The molecule has 0 saturated carbocycles. The minimum absolute atomic E-state index is 0.179. The van der Waals surface area contributed by atoms with Gasteiger partial charge in [-0.15, -0.1) is 11.3 Å². The topological polar surface area (TPSA) is 54.4 Å². The normalized spacial score (nSPS) is 14.8. The second-order valence-corrected chi connectivity index (χ2v) is 6.18. The van der Waals surface area contributed by atoms with Crippen molar-refractivity contribution in [3.63, 3.8) is 0 Å². The zero-order valence-electron chi connectivity index (χ0n) is 12.4. The summed E-state index contributed by atoms with van der Waals surface area (Å²) in [5, 5.41) is 5.38. The Balaban J connectivity index is 1.73. The van der Waals surface area contributed by atoms with Crippen LogP contribution in [-0.4, -0.2) is 16.6 Å². The molecule has 0 bridgehead atoms. The van der Waals surface area contributed by atoms with E-state index in [2.05, 4.69) is 15.3 Å². The van der Waals surface area contributed by atoms with Gasteiger partial charge in [0, 0.05) is 16.5 Å². The lowest BCUT2D eigenvalue weighted by Crippen LogP contribution is -2.13. The van der Waals surface area contributed by atoms with Crippen LogP contribution in [0.3, 0.4) is 0 Å². The molecule has 2 aromatic carbocycles. The van der Waals surface area contributed by atoms with Crippen molar-refractivity contribution in [1.82, 2.24) is 4.98 Å². The molecule has 0 saturated heterocycles. The number of thiazole rings is 1. The van der Waals surface area contributed by atoms with Crippen LogP contribution in [0.15, 0.2) is 58.9 Å². The molecule has 1 amide bonds. The first-order valence-corrected chi connectivity index (χ1v) is 8.11. The van der Waals surface area contributed by atoms with Crippen LogP contribution < -0.4 is 5.32 Å². The number of nitrogens with zero attached hydrogens (tertiary/aromatic N) is 2. The van der Waals surface area contributed by atoms with Crippen LogP contribution >= 0.6 is 11.3 Å². The molecule has 1 N–H and O–H groups in total. The van der Waals surface area contributed by atoms with Crippen LogP contribution in [0.2, 0.25) is 0 Å². The fourth-order valence-corrected chi connectivity index (χ4v) is 3.23. The fourth-order valence-electron chi connectivity index (χ4n) is 2.53. The lowest BCUT2D eigenvalue weighted by Gasteiger charge is -1.98. The Morgan fingerprint density at radius 1 is 1.13 bits per heavy atom. The van der Waals surface area contributed by atoms with Gasteiger partial charge in [-0.25, -0.2) is 9.98 Å². The molecule has 4 nitrogen and oxygen atoms in total. The first kappa shape index (κ1) is 13.8. The van der Waals surface area contributed by atoms with E-state index in [1.54, 1.807) is 0 Å². The predicted molar refractivity (Wildman–Crippen MR) is 93.6 cm³/mol. The maximum absolute atomic E-state index is 12.2. The molecule has 1 aliphatic rings. The summed E-state index contributed by atoms with van der Waals surface area (Å²) in [7, 11) is 0. The number of aryl methyl sites for hydroxylation is 1. The number of carbonyl (C=O) groups excluding carboxylic acids is 1. The number of nitrogens with one attached hydrogen (secondary N) is 1. The number of hydrogen-bond donors (Lipinski definition) is 1. The van der Waals surface area contributed by atoms with Crippen molar-refractivity contribution in [1.29, 1.82) is 0 Å². The molecule has 1 aromatic heterocycles. The third kappa shape index (κ3) is 2.55. The number of anilines is 1. The number of benzene rings is 2. The summed E-state index contributed by atoms with van der Waals surface area (Å²) in [5.41, 5.74) is 5.08. The maximum Gasteiger partial charge on any atom is 0.275 e. The molecule has 0 unspecified atom stereocenters. The highest BCUT2D eigenvalue weighted by atomic mass is 32.1. The third-order valence-corrected chi connectivity index (χ3v) is 4.40. The van der Waals surface area contributed by atoms with Gasteiger partial charge in [0.05, 0.1) is 11.4 Å². The third-order valence-electron chi connectivity index (χ3n) is 3.66. The van der Waals surface area contributed by atoms with E-state index in [0.717, 1.165) is 28.1 Å². The molecule has 0 radical (unpaired) electrons. The molecule has 3 aromatic rings. The molecule has 112 valence electrons. The summed E-state index contributed by atoms with van der Waals surface area (Å²) in [6.45, 7) is 2.00. The molecule has 23 heavy (non-hydrogen) atoms. The van der Waals surface area contributed by atoms with Crippen LogP contribution in [0.4, 0.5) is 10.8 Å². The average Bonchev–Trinajstić information content (AvgIpc) is 3.15. The monoisotopic (exact) mass is 319 g/mol. The summed E-state index contributed by atoms with van der Waals surface area (Å²) in [6.07, 6.45) is 0. The van der Waals surface area contributed by atoms with Crippen molar-refractivity contribution in [2.45, 2.75) is 6.92 Å². The summed E-state index contributed by atoms with van der Waals surface area (Å²) in [4.78, 5) is 21.2. The van der Waals surface area contributed by atoms with Crippen molar-refractivity contribution in [2.24, 2.45) is 4.99 Å². The standard InChI is InChI=1S/C18H13N3OS/c1-11-7-8-14-13(9-11)16(17(22)19-14)21-18-20-15(10-23-18)12-5-3-2-4-6-12/h2-10H,1H3,(H,19,20,21,22). The highest BCUT2D eigenvalue weighted by Gasteiger charge is 2.26. The first-order chi connectivity index (χ1) is 11.2. The number of hydrogen-bond acceptors (Lipinski definition) is 4. The van der Waals surface area contributed by atoms with E-state index >= 15 is 0 Å². The van der Waals surface area contributed by atoms with Gasteiger partial charge < -0.3 is 5.32 Å². The van der Waals surface area contributed by atoms with E-state index in [1.807, 2.05) is 60.8 Å². The highest BCUT2D eigenvalue weighted by Crippen LogP contribution is 2.30. The van der Waals surface area contributed by atoms with E-state index in [-0.39, 0.29) is 5.91 Å². The molecule has 0 spiro atoms. The lowest BCUT2D eigenvalue weighted by molar-refractivity contribution is -0.110. The van der Waals surface area contributed by atoms with Gasteiger partial charge in [-0.2, -0.15) is 0 Å². The van der Waals surface area contributed by atoms with Gasteiger partial charge in [0.2, 0.25) is 5.13 Å². The lowest BCUT2D eigenvalue weighted by atomic mass is 10.1. The second-order valence-electron chi connectivity index (χ2n) is 5.34. The number of carbonyl (C=O) groups is 1. The SMILES string of the molecule is Cc1ccc2c(c1)/C(=N/c1nc(-c3ccccc3)cs1)C(=O)N2. The summed E-state index contributed by atoms with van der Waals surface area (Å²) in [6, 6.07) is 15.8. The quantitative estimate of drug-likeness (QED) is 0.770. The van der Waals surface area contributed by atoms with Gasteiger partial charge in [0.25, 0.3) is 5.91 Å². The van der Waals surface area contributed by atoms with Gasteiger partial charge in [-0.3, -0.25) is 4.79 Å². The highest BCUT2D eigenvalue weighted by molar-refractivity contribution is 7.13. The smallest absolute Gasteiger partial charge is 0.275 e. The molecule has 1 aliphatic heterocycles. The molecule has 2 heterocycles. The molecule has 0 fully saturated rings. The molecule has 4 rings (SSSR count). The molecular formula is C18H13N3OS. The molecular weight excluding hydrogens is 306 g/mol. The first-order valence-electron chi connectivity index (χ1n) is 7.23. The van der Waals surface area contributed by atoms with Crippen molar-refractivity contribution in [2.75, 3.05) is 5.32 Å². The number of aromatic nitrogens is 1. The minimum Gasteiger partial charge on any atom is -0.320 e. The number of fused-ring (bicyclic) bond motifs is 1. The van der Waals surface area contributed by atoms with Crippen LogP contribution in [0.1, 0.15) is 11.1 Å². The van der Waals surface area contributed by atoms with Gasteiger partial charge in [0.15, 0.2) is 0 Å². The molecule has 0 aliphatic carbocycles. The Morgan fingerprint density at radius 3 is 2.78 bits per heavy atom. The Hall–Kier alpha value is -2.79. The van der Waals surface area contributed by atoms with Crippen LogP contribution in [0.25, 0.3) is 11.3 Å². The Morgan fingerprint density at radius 2 is 1.96 bits per heavy atom. The van der Waals surface area contributed by atoms with Crippen molar-refractivity contribution >= 4 is 33.8 Å². The van der Waals surface area contributed by atoms with E-state index in [0.29, 0.717) is 10.8 Å². The zero-order valence-corrected chi connectivity index (χ0v) is 13.2. The summed E-state index contributed by atoms with van der Waals surface area (Å²) in [5.74, 6) is -0.179. The van der Waals surface area contributed by atoms with Gasteiger partial charge >= 0.3 is 0 Å².